The van der Waals surface area contributed by atoms with Crippen LogP contribution in [0.15, 0.2) is 42.7 Å². The van der Waals surface area contributed by atoms with E-state index in [0.29, 0.717) is 35.5 Å². The molecule has 8 nitrogen and oxygen atoms in total. The van der Waals surface area contributed by atoms with Crippen molar-refractivity contribution in [3.63, 3.8) is 0 Å². The number of amides is 2. The summed E-state index contributed by atoms with van der Waals surface area (Å²) in [6, 6.07) is 9.68. The van der Waals surface area contributed by atoms with E-state index in [1.807, 2.05) is 39.9 Å². The monoisotopic (exact) mass is 538 g/mol. The van der Waals surface area contributed by atoms with Gasteiger partial charge in [0.2, 0.25) is 0 Å². The molecule has 204 valence electrons. The fraction of sp³-hybridized carbons (Fsp3) is 0.517. The third-order valence-corrected chi connectivity index (χ3v) is 7.45. The first kappa shape index (κ1) is 27.9. The van der Waals surface area contributed by atoms with Crippen molar-refractivity contribution in [2.45, 2.75) is 77.3 Å². The number of methoxy groups -OCH3 is 1. The molecule has 9 heteroatoms. The summed E-state index contributed by atoms with van der Waals surface area (Å²) in [4.78, 5) is 24.3. The average Bonchev–Trinajstić information content (AvgIpc) is 3.62. The summed E-state index contributed by atoms with van der Waals surface area (Å²) >= 11 is 6.45. The standard InChI is InChI=1S/C29H39ClN6O2/c1-3-4-5-6-9-16-32-29(37)35(24-10-7-8-11-24)19-20-36-28(23-12-13-26(38-2)25(30)21-23)33-27(34-36)22-14-17-31-18-15-22/h12-15,17-18,21,24H,3-11,16,19-20H2,1-2H3,(H,32,37). The van der Waals surface area contributed by atoms with E-state index in [4.69, 9.17) is 26.4 Å². The molecule has 1 aliphatic carbocycles. The molecule has 0 bridgehead atoms. The summed E-state index contributed by atoms with van der Waals surface area (Å²) < 4.78 is 7.21. The topological polar surface area (TPSA) is 85.2 Å². The van der Waals surface area contributed by atoms with Crippen molar-refractivity contribution >= 4 is 17.6 Å². The third-order valence-electron chi connectivity index (χ3n) is 7.16. The first-order valence-electron chi connectivity index (χ1n) is 13.8. The minimum atomic E-state index is 0.0240. The number of carbonyl (C=O) groups is 1. The maximum atomic E-state index is 13.3. The van der Waals surface area contributed by atoms with Gasteiger partial charge in [0.1, 0.15) is 5.75 Å². The van der Waals surface area contributed by atoms with E-state index in [9.17, 15) is 4.79 Å². The average molecular weight is 539 g/mol. The van der Waals surface area contributed by atoms with Crippen LogP contribution in [0.2, 0.25) is 5.02 Å². The van der Waals surface area contributed by atoms with Gasteiger partial charge in [0, 0.05) is 42.7 Å². The van der Waals surface area contributed by atoms with Crippen LogP contribution in [0, 0.1) is 0 Å². The summed E-state index contributed by atoms with van der Waals surface area (Å²) in [7, 11) is 1.60. The fourth-order valence-electron chi connectivity index (χ4n) is 5.03. The molecule has 4 rings (SSSR count). The Balaban J connectivity index is 1.53. The van der Waals surface area contributed by atoms with Gasteiger partial charge in [-0.3, -0.25) is 4.98 Å². The summed E-state index contributed by atoms with van der Waals surface area (Å²) in [6.45, 7) is 4.02. The van der Waals surface area contributed by atoms with E-state index < -0.39 is 0 Å². The highest BCUT2D eigenvalue weighted by molar-refractivity contribution is 6.32. The van der Waals surface area contributed by atoms with Crippen LogP contribution in [0.3, 0.4) is 0 Å². The summed E-state index contributed by atoms with van der Waals surface area (Å²) in [6.07, 6.45) is 13.8. The number of hydrogen-bond donors (Lipinski definition) is 1. The predicted molar refractivity (Wildman–Crippen MR) is 151 cm³/mol. The molecule has 2 aromatic heterocycles. The highest BCUT2D eigenvalue weighted by Gasteiger charge is 2.27. The number of benzene rings is 1. The molecular weight excluding hydrogens is 500 g/mol. The molecular formula is C29H39ClN6O2. The highest BCUT2D eigenvalue weighted by atomic mass is 35.5. The summed E-state index contributed by atoms with van der Waals surface area (Å²) in [5.74, 6) is 1.91. The van der Waals surface area contributed by atoms with Crippen molar-refractivity contribution in [1.82, 2.24) is 30.0 Å². The van der Waals surface area contributed by atoms with Gasteiger partial charge in [-0.1, -0.05) is 57.0 Å². The molecule has 2 heterocycles. The Morgan fingerprint density at radius 3 is 2.58 bits per heavy atom. The van der Waals surface area contributed by atoms with Gasteiger partial charge in [-0.2, -0.15) is 5.10 Å². The Kier molecular flexibility index (Phi) is 10.4. The molecule has 38 heavy (non-hydrogen) atoms. The van der Waals surface area contributed by atoms with Crippen molar-refractivity contribution in [3.8, 4) is 28.5 Å². The second-order valence-electron chi connectivity index (χ2n) is 9.85. The van der Waals surface area contributed by atoms with E-state index in [-0.39, 0.29) is 12.1 Å². The molecule has 0 spiro atoms. The number of unbranched alkanes of at least 4 members (excludes halogenated alkanes) is 4. The first-order chi connectivity index (χ1) is 18.6. The maximum Gasteiger partial charge on any atom is 0.317 e. The number of urea groups is 1. The Morgan fingerprint density at radius 2 is 1.87 bits per heavy atom. The molecule has 3 aromatic rings. The zero-order valence-electron chi connectivity index (χ0n) is 22.5. The van der Waals surface area contributed by atoms with Crippen molar-refractivity contribution < 1.29 is 9.53 Å². The van der Waals surface area contributed by atoms with E-state index in [1.54, 1.807) is 19.5 Å². The van der Waals surface area contributed by atoms with Gasteiger partial charge >= 0.3 is 6.03 Å². The Labute approximate surface area is 230 Å². The zero-order valence-corrected chi connectivity index (χ0v) is 23.3. The van der Waals surface area contributed by atoms with Crippen LogP contribution in [-0.4, -0.2) is 56.9 Å². The lowest BCUT2D eigenvalue weighted by Crippen LogP contribution is -2.47. The zero-order chi connectivity index (χ0) is 26.7. The van der Waals surface area contributed by atoms with E-state index >= 15 is 0 Å². The molecule has 1 aliphatic rings. The first-order valence-corrected chi connectivity index (χ1v) is 14.2. The van der Waals surface area contributed by atoms with Crippen molar-refractivity contribution in [1.29, 1.82) is 0 Å². The number of ether oxygens (including phenoxy) is 1. The van der Waals surface area contributed by atoms with Crippen LogP contribution >= 0.6 is 11.6 Å². The molecule has 2 amide bonds. The Hall–Kier alpha value is -3.13. The molecule has 1 fully saturated rings. The molecule has 1 N–H and O–H groups in total. The van der Waals surface area contributed by atoms with Crippen LogP contribution in [0.4, 0.5) is 4.79 Å². The van der Waals surface area contributed by atoms with Gasteiger partial charge in [0.15, 0.2) is 11.6 Å². The number of carbonyl (C=O) groups excluding carboxylic acids is 1. The third kappa shape index (κ3) is 7.25. The molecule has 0 saturated heterocycles. The van der Waals surface area contributed by atoms with Crippen molar-refractivity contribution in [2.24, 2.45) is 0 Å². The van der Waals surface area contributed by atoms with Crippen LogP contribution in [0.25, 0.3) is 22.8 Å². The van der Waals surface area contributed by atoms with Crippen LogP contribution < -0.4 is 10.1 Å². The number of nitrogens with one attached hydrogen (secondary N) is 1. The van der Waals surface area contributed by atoms with Gasteiger partial charge in [-0.25, -0.2) is 14.5 Å². The lowest BCUT2D eigenvalue weighted by Gasteiger charge is -2.29. The summed E-state index contributed by atoms with van der Waals surface area (Å²) in [5, 5.41) is 8.52. The lowest BCUT2D eigenvalue weighted by atomic mass is 10.1. The normalized spacial score (nSPS) is 13.6. The fourth-order valence-corrected chi connectivity index (χ4v) is 5.29. The molecule has 1 saturated carbocycles. The number of pyridine rings is 1. The predicted octanol–water partition coefficient (Wildman–Crippen LogP) is 6.59. The molecule has 0 radical (unpaired) electrons. The SMILES string of the molecule is CCCCCCCNC(=O)N(CCn1nc(-c2ccncc2)nc1-c1ccc(OC)c(Cl)c1)C1CCCC1. The lowest BCUT2D eigenvalue weighted by molar-refractivity contribution is 0.171. The van der Waals surface area contributed by atoms with Gasteiger partial charge in [0.25, 0.3) is 0 Å². The Bertz CT molecular complexity index is 1160. The second kappa shape index (κ2) is 14.1. The smallest absolute Gasteiger partial charge is 0.317 e. The minimum absolute atomic E-state index is 0.0240. The molecule has 0 atom stereocenters. The largest absolute Gasteiger partial charge is 0.495 e. The number of hydrogen-bond acceptors (Lipinski definition) is 5. The van der Waals surface area contributed by atoms with E-state index in [0.717, 1.165) is 56.2 Å². The van der Waals surface area contributed by atoms with E-state index in [1.165, 1.54) is 19.3 Å². The maximum absolute atomic E-state index is 13.3. The number of nitrogens with zero attached hydrogens (tertiary/aromatic N) is 5. The van der Waals surface area contributed by atoms with Crippen LogP contribution in [0.1, 0.15) is 64.7 Å². The quantitative estimate of drug-likeness (QED) is 0.248. The van der Waals surface area contributed by atoms with Gasteiger partial charge in [0.05, 0.1) is 18.7 Å². The van der Waals surface area contributed by atoms with Crippen molar-refractivity contribution in [2.75, 3.05) is 20.2 Å². The van der Waals surface area contributed by atoms with Crippen LogP contribution in [-0.2, 0) is 6.54 Å². The van der Waals surface area contributed by atoms with Gasteiger partial charge in [-0.05, 0) is 49.6 Å². The number of halogens is 1. The number of aromatic nitrogens is 4. The van der Waals surface area contributed by atoms with Crippen LogP contribution in [0.5, 0.6) is 5.75 Å². The summed E-state index contributed by atoms with van der Waals surface area (Å²) in [5.41, 5.74) is 1.72. The number of rotatable bonds is 13. The highest BCUT2D eigenvalue weighted by Crippen LogP contribution is 2.31. The minimum Gasteiger partial charge on any atom is -0.495 e. The molecule has 1 aromatic carbocycles. The molecule has 0 unspecified atom stereocenters. The Morgan fingerprint density at radius 1 is 1.11 bits per heavy atom. The van der Waals surface area contributed by atoms with Gasteiger partial charge < -0.3 is 15.0 Å². The van der Waals surface area contributed by atoms with E-state index in [2.05, 4.69) is 17.2 Å². The molecule has 0 aliphatic heterocycles. The second-order valence-corrected chi connectivity index (χ2v) is 10.3. The van der Waals surface area contributed by atoms with Crippen molar-refractivity contribution in [3.05, 3.63) is 47.7 Å². The van der Waals surface area contributed by atoms with Gasteiger partial charge in [-0.15, -0.1) is 0 Å².